The van der Waals surface area contributed by atoms with Gasteiger partial charge in [0, 0.05) is 114 Å². The lowest BCUT2D eigenvalue weighted by atomic mass is 9.80. The van der Waals surface area contributed by atoms with E-state index in [2.05, 4.69) is 92.8 Å². The van der Waals surface area contributed by atoms with Crippen molar-refractivity contribution in [1.29, 1.82) is 0 Å². The van der Waals surface area contributed by atoms with Gasteiger partial charge in [0.25, 0.3) is 35.4 Å². The Morgan fingerprint density at radius 1 is 0.405 bits per heavy atom. The molecule has 15 rings (SSSR count). The van der Waals surface area contributed by atoms with E-state index in [0.717, 1.165) is 190 Å². The van der Waals surface area contributed by atoms with E-state index in [9.17, 15) is 14.4 Å². The van der Waals surface area contributed by atoms with E-state index < -0.39 is 35.4 Å². The molecule has 2 heterocycles. The lowest BCUT2D eigenvalue weighted by Crippen LogP contribution is -2.41. The second-order valence-electron chi connectivity index (χ2n) is 32.5. The number of benzene rings is 13. The minimum atomic E-state index is -0.734. The Bertz CT molecular complexity index is 6150. The minimum absolute atomic E-state index is 0.0364. The zero-order valence-corrected chi connectivity index (χ0v) is 70.8. The van der Waals surface area contributed by atoms with Gasteiger partial charge in [-0.3, -0.25) is 49.0 Å². The number of fused-ring (bicyclic) bond motifs is 3. The summed E-state index contributed by atoms with van der Waals surface area (Å²) in [5.74, 6) is -2.28. The Hall–Kier alpha value is -12.8. The molecule has 13 aromatic rings. The predicted molar refractivity (Wildman–Crippen MR) is 493 cm³/mol. The summed E-state index contributed by atoms with van der Waals surface area (Å²) < 4.78 is 14.7. The molecule has 13 aromatic carbocycles. The molecule has 8 amide bonds. The first kappa shape index (κ1) is 83.2. The van der Waals surface area contributed by atoms with Crippen molar-refractivity contribution in [2.45, 2.75) is 177 Å². The van der Waals surface area contributed by atoms with Crippen LogP contribution < -0.4 is 39.7 Å². The zero-order chi connectivity index (χ0) is 84.7. The number of para-hydroxylation sites is 1. The Morgan fingerprint density at radius 2 is 0.860 bits per heavy atom. The maximum Gasteiger partial charge on any atom is 0.266 e. The first-order valence-electron chi connectivity index (χ1n) is 43.7. The van der Waals surface area contributed by atoms with Gasteiger partial charge in [-0.1, -0.05) is 242 Å². The summed E-state index contributed by atoms with van der Waals surface area (Å²) in [5.41, 5.74) is 10.9. The van der Waals surface area contributed by atoms with Crippen LogP contribution in [0.25, 0.3) is 93.0 Å². The zero-order valence-electron chi connectivity index (χ0n) is 70.8. The van der Waals surface area contributed by atoms with Gasteiger partial charge in [0.05, 0.1) is 22.5 Å². The smallest absolute Gasteiger partial charge is 0.266 e. The van der Waals surface area contributed by atoms with E-state index in [0.29, 0.717) is 119 Å². The Labute approximate surface area is 708 Å². The summed E-state index contributed by atoms with van der Waals surface area (Å²) in [6.07, 6.45) is 21.2. The quantitative estimate of drug-likeness (QED) is 0.0123. The average Bonchev–Trinajstić information content (AvgIpc) is 0.680. The highest BCUT2D eigenvalue weighted by molar-refractivity contribution is 6.45. The number of nitrogens with one attached hydrogen (secondary N) is 2. The molecule has 0 atom stereocenters. The molecular weight excluding hydrogens is 1510 g/mol. The number of anilines is 4. The molecule has 0 fully saturated rings. The molecule has 0 saturated heterocycles. The van der Waals surface area contributed by atoms with Crippen molar-refractivity contribution < 1.29 is 47.8 Å². The summed E-state index contributed by atoms with van der Waals surface area (Å²) in [6.45, 7) is 24.8. The van der Waals surface area contributed by atoms with E-state index in [1.165, 1.54) is 9.80 Å². The minimum Gasteiger partial charge on any atom is -0.457 e. The van der Waals surface area contributed by atoms with Crippen molar-refractivity contribution in [3.63, 3.8) is 0 Å². The lowest BCUT2D eigenvalue weighted by Gasteiger charge is -2.32. The summed E-state index contributed by atoms with van der Waals surface area (Å²) in [7, 11) is 0. The number of hydrogen-bond donors (Lipinski definition) is 2. The van der Waals surface area contributed by atoms with Crippen molar-refractivity contribution >= 4 is 142 Å². The van der Waals surface area contributed by atoms with E-state index in [4.69, 9.17) is 9.47 Å². The number of imide groups is 4. The van der Waals surface area contributed by atoms with E-state index in [-0.39, 0.29) is 39.9 Å². The third-order valence-electron chi connectivity index (χ3n) is 24.6. The van der Waals surface area contributed by atoms with Crippen LogP contribution in [0.5, 0.6) is 23.0 Å². The van der Waals surface area contributed by atoms with Crippen molar-refractivity contribution in [3.05, 3.63) is 244 Å². The van der Waals surface area contributed by atoms with Crippen molar-refractivity contribution in [2.75, 3.05) is 45.8 Å². The van der Waals surface area contributed by atoms with E-state index in [1.54, 1.807) is 60.7 Å². The van der Waals surface area contributed by atoms with Crippen LogP contribution in [0.4, 0.5) is 22.7 Å². The van der Waals surface area contributed by atoms with Crippen LogP contribution in [0.2, 0.25) is 0 Å². The van der Waals surface area contributed by atoms with Gasteiger partial charge >= 0.3 is 0 Å². The van der Waals surface area contributed by atoms with Crippen molar-refractivity contribution in [3.8, 4) is 45.3 Å². The number of hydrogen-bond acceptors (Lipinski definition) is 12. The van der Waals surface area contributed by atoms with Crippen LogP contribution in [0, 0.1) is 0 Å². The van der Waals surface area contributed by atoms with Crippen LogP contribution in [-0.4, -0.2) is 74.4 Å². The summed E-state index contributed by atoms with van der Waals surface area (Å²) in [5, 5.41) is 11.9. The van der Waals surface area contributed by atoms with Gasteiger partial charge in [-0.25, -0.2) is 9.80 Å². The fourth-order valence-corrected chi connectivity index (χ4v) is 18.7. The molecule has 0 unspecified atom stereocenters. The average molecular weight is 1610 g/mol. The number of rotatable bonds is 38. The summed E-state index contributed by atoms with van der Waals surface area (Å²) >= 11 is 0. The topological polar surface area (TPSA) is 192 Å². The molecule has 0 saturated carbocycles. The van der Waals surface area contributed by atoms with Gasteiger partial charge in [0.15, 0.2) is 0 Å². The molecule has 2 N–H and O–H groups in total. The van der Waals surface area contributed by atoms with E-state index in [1.807, 2.05) is 117 Å². The molecule has 0 aromatic heterocycles. The molecule has 0 bridgehead atoms. The van der Waals surface area contributed by atoms with Gasteiger partial charge in [0.2, 0.25) is 12.8 Å². The standard InChI is InChI=1S/C105H106N6O10/c1-10-17-21-25-57-108(58-26-22-18-11-2)86-55-53-74(91-75(86)37-31-39-80(91)100(114)106-63-112)69-41-45-71(46-42-69)120-89-62-85-94-83(104(118)111(105(85)119)99-67(15-6)34-29-35-68(99)16-7)52-51-79-95-88(61-84(101(115)107-64-113)93-77(49-50-78(97(93)95)96(89)98(79)94)90-66(14-5)33-30-36-73(90)65(8)9)121-72-47-43-70(44-48-72)110-102(116)81-40-32-38-76-87(56-54-82(92(76)81)103(110)117)109(59-27-23-19-12-3)60-28-24-20-13-4/h14,29-56,61-65H,5,10-13,15-28,57-60H2,1-4,6-9H3,(H,106,112,114)(H,107,113,115). The molecule has 616 valence electrons. The van der Waals surface area contributed by atoms with Gasteiger partial charge in [-0.2, -0.15) is 0 Å². The Balaban J connectivity index is 0.923. The SMILES string of the molecule is C=Cc1cccc(C(C)C)c1-c1ccc2c3c(Oc4ccc(-c5ccc(N(CCCCCC)CCCCCC)c6cccc(C(=O)NC=O)c56)cc4)cc4c5c(ccc(c6c(Oc7ccc(N8C(=O)c9cccc%10c(N(CCCCCC)CCCCCC)ccc(c9%10)C8=O)cc7)cc(C(=O)NC=O)c1c26)c53)C(=O)N(c1c(CC)cccc1CC)C4=O. The molecular formula is C105H106N6O10. The highest BCUT2D eigenvalue weighted by Gasteiger charge is 2.41. The monoisotopic (exact) mass is 1610 g/mol. The van der Waals surface area contributed by atoms with E-state index >= 15 is 24.0 Å². The second-order valence-corrected chi connectivity index (χ2v) is 32.5. The van der Waals surface area contributed by atoms with Gasteiger partial charge in [0.1, 0.15) is 23.0 Å². The van der Waals surface area contributed by atoms with Crippen LogP contribution in [-0.2, 0) is 22.4 Å². The normalized spacial score (nSPS) is 12.6. The molecule has 121 heavy (non-hydrogen) atoms. The largest absolute Gasteiger partial charge is 0.457 e. The molecule has 0 spiro atoms. The number of ether oxygens (including phenoxy) is 2. The van der Waals surface area contributed by atoms with Gasteiger partial charge in [-0.05, 0) is 185 Å². The molecule has 2 aliphatic rings. The third-order valence-corrected chi connectivity index (χ3v) is 24.6. The number of carbonyl (C=O) groups is 8. The van der Waals surface area contributed by atoms with Crippen LogP contribution >= 0.6 is 0 Å². The number of amides is 8. The fraction of sp³-hybridized carbons (Fsp3) is 0.295. The maximum atomic E-state index is 16.3. The van der Waals surface area contributed by atoms with Crippen LogP contribution in [0.1, 0.15) is 248 Å². The molecule has 2 aliphatic heterocycles. The molecule has 16 nitrogen and oxygen atoms in total. The molecule has 0 radical (unpaired) electrons. The highest BCUT2D eigenvalue weighted by atomic mass is 16.5. The predicted octanol–water partition coefficient (Wildman–Crippen LogP) is 25.2. The van der Waals surface area contributed by atoms with Crippen LogP contribution in [0.3, 0.4) is 0 Å². The second kappa shape index (κ2) is 36.8. The summed E-state index contributed by atoms with van der Waals surface area (Å²) in [4.78, 5) is 124. The number of carbonyl (C=O) groups excluding carboxylic acids is 8. The highest BCUT2D eigenvalue weighted by Crippen LogP contribution is 2.55. The van der Waals surface area contributed by atoms with Gasteiger partial charge < -0.3 is 19.3 Å². The fourth-order valence-electron chi connectivity index (χ4n) is 18.7. The van der Waals surface area contributed by atoms with Crippen molar-refractivity contribution in [2.24, 2.45) is 0 Å². The number of nitrogens with zero attached hydrogens (tertiary/aromatic N) is 4. The Morgan fingerprint density at radius 3 is 1.40 bits per heavy atom. The maximum absolute atomic E-state index is 16.3. The Kier molecular flexibility index (Phi) is 25.3. The first-order chi connectivity index (χ1) is 59.1. The van der Waals surface area contributed by atoms with Gasteiger partial charge in [-0.15, -0.1) is 0 Å². The number of unbranched alkanes of at least 4 members (excludes halogenated alkanes) is 12. The van der Waals surface area contributed by atoms with Crippen molar-refractivity contribution in [1.82, 2.24) is 10.6 Å². The van der Waals surface area contributed by atoms with Crippen LogP contribution in [0.15, 0.2) is 189 Å². The summed E-state index contributed by atoms with van der Waals surface area (Å²) in [6, 6.07) is 56.5. The molecule has 16 heteroatoms. The number of aryl methyl sites for hydroxylation is 2. The lowest BCUT2D eigenvalue weighted by molar-refractivity contribution is -0.109. The first-order valence-corrected chi connectivity index (χ1v) is 43.7. The third kappa shape index (κ3) is 15.7. The molecule has 0 aliphatic carbocycles.